The number of hydrogen-bond donors (Lipinski definition) is 1. The average molecular weight is 281 g/mol. The van der Waals surface area contributed by atoms with Gasteiger partial charge in [0.1, 0.15) is 5.82 Å². The van der Waals surface area contributed by atoms with Crippen molar-refractivity contribution in [2.24, 2.45) is 0 Å². The van der Waals surface area contributed by atoms with Crippen molar-refractivity contribution in [2.75, 3.05) is 5.73 Å². The Balaban J connectivity index is 1.96. The van der Waals surface area contributed by atoms with Crippen molar-refractivity contribution < 1.29 is 0 Å². The SMILES string of the molecule is Cc1nc(Sc2ccc3ccccc3c2)nc(N)c1C. The van der Waals surface area contributed by atoms with Crippen LogP contribution >= 0.6 is 11.8 Å². The Morgan fingerprint density at radius 3 is 2.45 bits per heavy atom. The van der Waals surface area contributed by atoms with Crippen LogP contribution in [0.4, 0.5) is 5.82 Å². The standard InChI is InChI=1S/C16H15N3S/c1-10-11(2)18-16(19-15(10)17)20-14-8-7-12-5-3-4-6-13(12)9-14/h3-9H,1-2H3,(H2,17,18,19). The maximum Gasteiger partial charge on any atom is 0.194 e. The number of fused-ring (bicyclic) bond motifs is 1. The van der Waals surface area contributed by atoms with Crippen molar-refractivity contribution in [3.8, 4) is 0 Å². The molecule has 0 bridgehead atoms. The van der Waals surface area contributed by atoms with E-state index in [-0.39, 0.29) is 0 Å². The van der Waals surface area contributed by atoms with E-state index in [0.29, 0.717) is 11.0 Å². The monoisotopic (exact) mass is 281 g/mol. The van der Waals surface area contributed by atoms with Gasteiger partial charge in [-0.15, -0.1) is 0 Å². The van der Waals surface area contributed by atoms with Gasteiger partial charge in [-0.05, 0) is 48.5 Å². The van der Waals surface area contributed by atoms with Gasteiger partial charge in [0, 0.05) is 16.2 Å². The van der Waals surface area contributed by atoms with E-state index in [4.69, 9.17) is 5.73 Å². The minimum absolute atomic E-state index is 0.556. The summed E-state index contributed by atoms with van der Waals surface area (Å²) in [6.45, 7) is 3.90. The second-order valence-electron chi connectivity index (χ2n) is 4.71. The minimum atomic E-state index is 0.556. The van der Waals surface area contributed by atoms with Gasteiger partial charge in [-0.2, -0.15) is 0 Å². The van der Waals surface area contributed by atoms with Crippen molar-refractivity contribution in [1.82, 2.24) is 9.97 Å². The van der Waals surface area contributed by atoms with E-state index < -0.39 is 0 Å². The van der Waals surface area contributed by atoms with Crippen LogP contribution < -0.4 is 5.73 Å². The van der Waals surface area contributed by atoms with E-state index >= 15 is 0 Å². The van der Waals surface area contributed by atoms with Crippen LogP contribution in [0.15, 0.2) is 52.5 Å². The third kappa shape index (κ3) is 2.47. The summed E-state index contributed by atoms with van der Waals surface area (Å²) in [4.78, 5) is 9.94. The predicted octanol–water partition coefficient (Wildman–Crippen LogP) is 3.98. The Kier molecular flexibility index (Phi) is 3.32. The van der Waals surface area contributed by atoms with Gasteiger partial charge in [0.2, 0.25) is 0 Å². The molecular formula is C16H15N3S. The number of nitrogen functional groups attached to an aromatic ring is 1. The highest BCUT2D eigenvalue weighted by atomic mass is 32.2. The second kappa shape index (κ2) is 5.13. The molecule has 2 N–H and O–H groups in total. The van der Waals surface area contributed by atoms with Crippen LogP contribution in [-0.2, 0) is 0 Å². The molecule has 0 aliphatic heterocycles. The highest BCUT2D eigenvalue weighted by molar-refractivity contribution is 7.99. The molecule has 2 aromatic carbocycles. The van der Waals surface area contributed by atoms with Crippen molar-refractivity contribution >= 4 is 28.4 Å². The van der Waals surface area contributed by atoms with Gasteiger partial charge in [-0.25, -0.2) is 9.97 Å². The van der Waals surface area contributed by atoms with Crippen LogP contribution in [-0.4, -0.2) is 9.97 Å². The summed E-state index contributed by atoms with van der Waals surface area (Å²) >= 11 is 1.54. The predicted molar refractivity (Wildman–Crippen MR) is 84.0 cm³/mol. The molecule has 3 nitrogen and oxygen atoms in total. The first-order valence-corrected chi connectivity index (χ1v) is 7.22. The molecule has 0 saturated heterocycles. The molecule has 0 saturated carbocycles. The lowest BCUT2D eigenvalue weighted by Crippen LogP contribution is -2.01. The number of aryl methyl sites for hydroxylation is 1. The molecule has 3 rings (SSSR count). The topological polar surface area (TPSA) is 51.8 Å². The highest BCUT2D eigenvalue weighted by Crippen LogP contribution is 2.29. The number of nitrogens with two attached hydrogens (primary N) is 1. The number of rotatable bonds is 2. The fourth-order valence-electron chi connectivity index (χ4n) is 2.01. The number of benzene rings is 2. The molecular weight excluding hydrogens is 266 g/mol. The van der Waals surface area contributed by atoms with Crippen molar-refractivity contribution in [2.45, 2.75) is 23.9 Å². The van der Waals surface area contributed by atoms with Gasteiger partial charge in [0.15, 0.2) is 5.16 Å². The van der Waals surface area contributed by atoms with Crippen LogP contribution in [0.1, 0.15) is 11.3 Å². The van der Waals surface area contributed by atoms with Crippen molar-refractivity contribution in [1.29, 1.82) is 0 Å². The van der Waals surface area contributed by atoms with Gasteiger partial charge in [0.25, 0.3) is 0 Å². The Bertz CT molecular complexity index is 761. The normalized spacial score (nSPS) is 10.9. The van der Waals surface area contributed by atoms with Crippen LogP contribution in [0.3, 0.4) is 0 Å². The smallest absolute Gasteiger partial charge is 0.194 e. The highest BCUT2D eigenvalue weighted by Gasteiger charge is 2.07. The summed E-state index contributed by atoms with van der Waals surface area (Å²) in [6, 6.07) is 14.6. The number of anilines is 1. The largest absolute Gasteiger partial charge is 0.383 e. The third-order valence-corrected chi connectivity index (χ3v) is 4.19. The minimum Gasteiger partial charge on any atom is -0.383 e. The summed E-state index contributed by atoms with van der Waals surface area (Å²) in [6.07, 6.45) is 0. The van der Waals surface area contributed by atoms with E-state index in [1.807, 2.05) is 26.0 Å². The summed E-state index contributed by atoms with van der Waals surface area (Å²) in [5, 5.41) is 3.15. The van der Waals surface area contributed by atoms with Crippen LogP contribution in [0, 0.1) is 13.8 Å². The van der Waals surface area contributed by atoms with Gasteiger partial charge in [0.05, 0.1) is 0 Å². The van der Waals surface area contributed by atoms with Crippen molar-refractivity contribution in [3.63, 3.8) is 0 Å². The molecule has 3 aromatic rings. The number of nitrogens with zero attached hydrogens (tertiary/aromatic N) is 2. The first-order chi connectivity index (χ1) is 9.63. The molecule has 1 heterocycles. The van der Waals surface area contributed by atoms with Crippen LogP contribution in [0.5, 0.6) is 0 Å². The van der Waals surface area contributed by atoms with Crippen LogP contribution in [0.25, 0.3) is 10.8 Å². The van der Waals surface area contributed by atoms with E-state index in [1.54, 1.807) is 0 Å². The maximum atomic E-state index is 5.90. The zero-order valence-electron chi connectivity index (χ0n) is 11.4. The Hall–Kier alpha value is -2.07. The Labute approximate surface area is 122 Å². The lowest BCUT2D eigenvalue weighted by molar-refractivity contribution is 0.922. The molecule has 0 atom stereocenters. The van der Waals surface area contributed by atoms with Gasteiger partial charge in [-0.1, -0.05) is 30.3 Å². The lowest BCUT2D eigenvalue weighted by atomic mass is 10.1. The maximum absolute atomic E-state index is 5.90. The van der Waals surface area contributed by atoms with E-state index in [2.05, 4.69) is 40.3 Å². The van der Waals surface area contributed by atoms with Gasteiger partial charge >= 0.3 is 0 Å². The average Bonchev–Trinajstić information content (AvgIpc) is 2.44. The van der Waals surface area contributed by atoms with Crippen molar-refractivity contribution in [3.05, 3.63) is 53.7 Å². The second-order valence-corrected chi connectivity index (χ2v) is 5.75. The van der Waals surface area contributed by atoms with Crippen LogP contribution in [0.2, 0.25) is 0 Å². The third-order valence-electron chi connectivity index (χ3n) is 3.34. The number of hydrogen-bond acceptors (Lipinski definition) is 4. The number of aromatic nitrogens is 2. The molecule has 0 radical (unpaired) electrons. The fourth-order valence-corrected chi connectivity index (χ4v) is 2.87. The van der Waals surface area contributed by atoms with E-state index in [9.17, 15) is 0 Å². The summed E-state index contributed by atoms with van der Waals surface area (Å²) in [7, 11) is 0. The fraction of sp³-hybridized carbons (Fsp3) is 0.125. The molecule has 20 heavy (non-hydrogen) atoms. The first-order valence-electron chi connectivity index (χ1n) is 6.41. The molecule has 1 aromatic heterocycles. The molecule has 4 heteroatoms. The summed E-state index contributed by atoms with van der Waals surface area (Å²) < 4.78 is 0. The zero-order chi connectivity index (χ0) is 14.1. The van der Waals surface area contributed by atoms with E-state index in [0.717, 1.165) is 16.2 Å². The molecule has 0 spiro atoms. The molecule has 0 unspecified atom stereocenters. The first kappa shape index (κ1) is 12.9. The molecule has 0 fully saturated rings. The van der Waals surface area contributed by atoms with Gasteiger partial charge < -0.3 is 5.73 Å². The summed E-state index contributed by atoms with van der Waals surface area (Å²) in [5.41, 5.74) is 7.78. The summed E-state index contributed by atoms with van der Waals surface area (Å²) in [5.74, 6) is 0.556. The van der Waals surface area contributed by atoms with E-state index in [1.165, 1.54) is 22.5 Å². The van der Waals surface area contributed by atoms with Gasteiger partial charge in [-0.3, -0.25) is 0 Å². The molecule has 100 valence electrons. The Morgan fingerprint density at radius 2 is 1.70 bits per heavy atom. The molecule has 0 aliphatic rings. The zero-order valence-corrected chi connectivity index (χ0v) is 12.2. The lowest BCUT2D eigenvalue weighted by Gasteiger charge is -2.07. The Morgan fingerprint density at radius 1 is 0.950 bits per heavy atom. The quantitative estimate of drug-likeness (QED) is 0.722. The molecule has 0 amide bonds. The molecule has 0 aliphatic carbocycles.